The Kier molecular flexibility index (Phi) is 21.5. The van der Waals surface area contributed by atoms with Crippen molar-refractivity contribution in [2.75, 3.05) is 72.5 Å². The molecule has 0 unspecified atom stereocenters. The minimum Gasteiger partial charge on any atom is -0.379 e. The molecule has 0 aromatic heterocycles. The van der Waals surface area contributed by atoms with Gasteiger partial charge in [0.15, 0.2) is 0 Å². The number of hydrogen-bond acceptors (Lipinski definition) is 7. The van der Waals surface area contributed by atoms with Crippen LogP contribution in [-0.4, -0.2) is 90.3 Å². The van der Waals surface area contributed by atoms with E-state index in [2.05, 4.69) is 29.8 Å². The maximum atomic E-state index is 11.6. The molecule has 0 heterocycles. The summed E-state index contributed by atoms with van der Waals surface area (Å²) in [4.78, 5) is 22.9. The van der Waals surface area contributed by atoms with Crippen molar-refractivity contribution in [2.45, 2.75) is 52.5 Å². The highest BCUT2D eigenvalue weighted by molar-refractivity contribution is 5.76. The molecule has 0 spiro atoms. The van der Waals surface area contributed by atoms with Gasteiger partial charge in [-0.15, -0.1) is 0 Å². The Labute approximate surface area is 181 Å². The van der Waals surface area contributed by atoms with Gasteiger partial charge in [-0.3, -0.25) is 9.59 Å². The standard InChI is InChI=1S/C21H43N3O6/c1-4-6-20(25)24-10-12-28-14-16-30-18-17-29-15-13-27-11-7-21(26)23-9-5-8-22-19(2)3/h19,22H,4-18H2,1-3H3,(H,23,26)(H,24,25). The lowest BCUT2D eigenvalue weighted by Gasteiger charge is -2.09. The van der Waals surface area contributed by atoms with Crippen LogP contribution in [0.4, 0.5) is 0 Å². The van der Waals surface area contributed by atoms with Crippen LogP contribution >= 0.6 is 0 Å². The molecule has 0 bridgehead atoms. The van der Waals surface area contributed by atoms with E-state index in [-0.39, 0.29) is 11.8 Å². The molecule has 2 amide bonds. The second-order valence-electron chi connectivity index (χ2n) is 7.11. The van der Waals surface area contributed by atoms with Crippen LogP contribution in [0.1, 0.15) is 46.5 Å². The minimum atomic E-state index is 0.0134. The quantitative estimate of drug-likeness (QED) is 0.217. The molecule has 3 N–H and O–H groups in total. The Hall–Kier alpha value is -1.26. The van der Waals surface area contributed by atoms with Crippen molar-refractivity contribution < 1.29 is 28.5 Å². The van der Waals surface area contributed by atoms with Crippen molar-refractivity contribution in [1.29, 1.82) is 0 Å². The molecule has 0 aliphatic carbocycles. The van der Waals surface area contributed by atoms with Crippen LogP contribution in [0.15, 0.2) is 0 Å². The zero-order valence-corrected chi connectivity index (χ0v) is 19.1. The molecule has 9 nitrogen and oxygen atoms in total. The first-order valence-electron chi connectivity index (χ1n) is 11.1. The third-order valence-electron chi connectivity index (χ3n) is 3.86. The second kappa shape index (κ2) is 22.4. The van der Waals surface area contributed by atoms with Crippen molar-refractivity contribution >= 4 is 11.8 Å². The summed E-state index contributed by atoms with van der Waals surface area (Å²) in [5.74, 6) is 0.0754. The summed E-state index contributed by atoms with van der Waals surface area (Å²) in [6.07, 6.45) is 2.69. The molecule has 0 fully saturated rings. The molecule has 0 aromatic rings. The normalized spacial score (nSPS) is 11.1. The number of amides is 2. The van der Waals surface area contributed by atoms with Gasteiger partial charge in [0.05, 0.1) is 52.9 Å². The zero-order valence-electron chi connectivity index (χ0n) is 19.1. The van der Waals surface area contributed by atoms with Crippen LogP contribution in [0.5, 0.6) is 0 Å². The van der Waals surface area contributed by atoms with Gasteiger partial charge in [-0.1, -0.05) is 20.8 Å². The molecule has 0 saturated carbocycles. The van der Waals surface area contributed by atoms with Gasteiger partial charge in [-0.25, -0.2) is 0 Å². The smallest absolute Gasteiger partial charge is 0.222 e. The predicted molar refractivity (Wildman–Crippen MR) is 117 cm³/mol. The monoisotopic (exact) mass is 433 g/mol. The Balaban J connectivity index is 3.17. The Morgan fingerprint density at radius 1 is 0.667 bits per heavy atom. The fourth-order valence-corrected chi connectivity index (χ4v) is 2.30. The van der Waals surface area contributed by atoms with Crippen LogP contribution < -0.4 is 16.0 Å². The van der Waals surface area contributed by atoms with E-state index in [0.717, 1.165) is 19.4 Å². The molecular formula is C21H43N3O6. The molecule has 0 saturated heterocycles. The van der Waals surface area contributed by atoms with Gasteiger partial charge in [-0.2, -0.15) is 0 Å². The summed E-state index contributed by atoms with van der Waals surface area (Å²) in [5, 5.41) is 8.97. The van der Waals surface area contributed by atoms with Gasteiger partial charge in [0.2, 0.25) is 11.8 Å². The van der Waals surface area contributed by atoms with Gasteiger partial charge in [-0.05, 0) is 19.4 Å². The van der Waals surface area contributed by atoms with E-state index in [1.54, 1.807) is 0 Å². The number of carbonyl (C=O) groups excluding carboxylic acids is 2. The van der Waals surface area contributed by atoms with Crippen LogP contribution in [0.25, 0.3) is 0 Å². The highest BCUT2D eigenvalue weighted by atomic mass is 16.6. The maximum absolute atomic E-state index is 11.6. The van der Waals surface area contributed by atoms with Gasteiger partial charge in [0.25, 0.3) is 0 Å². The van der Waals surface area contributed by atoms with E-state index in [4.69, 9.17) is 18.9 Å². The summed E-state index contributed by atoms with van der Waals surface area (Å²) >= 11 is 0. The molecule has 0 rings (SSSR count). The van der Waals surface area contributed by atoms with Gasteiger partial charge in [0.1, 0.15) is 0 Å². The Morgan fingerprint density at radius 2 is 1.17 bits per heavy atom. The number of carbonyl (C=O) groups is 2. The van der Waals surface area contributed by atoms with E-state index in [1.165, 1.54) is 0 Å². The van der Waals surface area contributed by atoms with E-state index in [0.29, 0.717) is 84.8 Å². The molecule has 0 aliphatic rings. The van der Waals surface area contributed by atoms with Crippen molar-refractivity contribution in [3.05, 3.63) is 0 Å². The van der Waals surface area contributed by atoms with Crippen LogP contribution in [0.2, 0.25) is 0 Å². The highest BCUT2D eigenvalue weighted by Crippen LogP contribution is 1.87. The van der Waals surface area contributed by atoms with Gasteiger partial charge in [0, 0.05) is 32.0 Å². The summed E-state index contributed by atoms with van der Waals surface area (Å²) < 4.78 is 21.5. The third kappa shape index (κ3) is 23.0. The van der Waals surface area contributed by atoms with Crippen molar-refractivity contribution in [2.24, 2.45) is 0 Å². The van der Waals surface area contributed by atoms with E-state index in [1.807, 2.05) is 6.92 Å². The zero-order chi connectivity index (χ0) is 22.3. The lowest BCUT2D eigenvalue weighted by atomic mass is 10.3. The fraction of sp³-hybridized carbons (Fsp3) is 0.905. The average Bonchev–Trinajstić information content (AvgIpc) is 2.70. The number of hydrogen-bond donors (Lipinski definition) is 3. The number of nitrogens with one attached hydrogen (secondary N) is 3. The summed E-state index contributed by atoms with van der Waals surface area (Å²) in [6, 6.07) is 0.471. The lowest BCUT2D eigenvalue weighted by Crippen LogP contribution is -2.30. The number of rotatable bonds is 22. The second-order valence-corrected chi connectivity index (χ2v) is 7.11. The first-order chi connectivity index (χ1) is 14.6. The first kappa shape index (κ1) is 28.7. The summed E-state index contributed by atoms with van der Waals surface area (Å²) in [5.41, 5.74) is 0. The summed E-state index contributed by atoms with van der Waals surface area (Å²) in [7, 11) is 0. The highest BCUT2D eigenvalue weighted by Gasteiger charge is 2.01. The van der Waals surface area contributed by atoms with Crippen LogP contribution in [0, 0.1) is 0 Å². The van der Waals surface area contributed by atoms with E-state index < -0.39 is 0 Å². The fourth-order valence-electron chi connectivity index (χ4n) is 2.30. The van der Waals surface area contributed by atoms with Gasteiger partial charge >= 0.3 is 0 Å². The molecule has 178 valence electrons. The van der Waals surface area contributed by atoms with Crippen molar-refractivity contribution in [1.82, 2.24) is 16.0 Å². The molecule has 0 atom stereocenters. The average molecular weight is 434 g/mol. The van der Waals surface area contributed by atoms with Crippen LogP contribution in [0.3, 0.4) is 0 Å². The van der Waals surface area contributed by atoms with Gasteiger partial charge < -0.3 is 34.9 Å². The SMILES string of the molecule is CCCC(=O)NCCOCCOCCOCCOCCC(=O)NCCCNC(C)C. The molecule has 0 aliphatic heterocycles. The van der Waals surface area contributed by atoms with Crippen molar-refractivity contribution in [3.63, 3.8) is 0 Å². The van der Waals surface area contributed by atoms with Crippen molar-refractivity contribution in [3.8, 4) is 0 Å². The third-order valence-corrected chi connectivity index (χ3v) is 3.86. The molecular weight excluding hydrogens is 390 g/mol. The molecule has 0 aromatic carbocycles. The minimum absolute atomic E-state index is 0.0134. The topological polar surface area (TPSA) is 107 Å². The molecule has 30 heavy (non-hydrogen) atoms. The Morgan fingerprint density at radius 3 is 1.73 bits per heavy atom. The lowest BCUT2D eigenvalue weighted by molar-refractivity contribution is -0.122. The van der Waals surface area contributed by atoms with Crippen LogP contribution in [-0.2, 0) is 28.5 Å². The summed E-state index contributed by atoms with van der Waals surface area (Å²) in [6.45, 7) is 12.1. The first-order valence-corrected chi connectivity index (χ1v) is 11.1. The van der Waals surface area contributed by atoms with E-state index in [9.17, 15) is 9.59 Å². The Bertz CT molecular complexity index is 410. The predicted octanol–water partition coefficient (Wildman–Crippen LogP) is 0.864. The largest absolute Gasteiger partial charge is 0.379 e. The number of ether oxygens (including phenoxy) is 4. The van der Waals surface area contributed by atoms with E-state index >= 15 is 0 Å². The maximum Gasteiger partial charge on any atom is 0.222 e. The molecule has 9 heteroatoms. The molecule has 0 radical (unpaired) electrons.